The van der Waals surface area contributed by atoms with E-state index in [1.807, 2.05) is 80.1 Å². The summed E-state index contributed by atoms with van der Waals surface area (Å²) in [6, 6.07) is 21.7. The van der Waals surface area contributed by atoms with E-state index in [4.69, 9.17) is 15.2 Å². The summed E-state index contributed by atoms with van der Waals surface area (Å²) >= 11 is 0. The van der Waals surface area contributed by atoms with Gasteiger partial charge in [0.15, 0.2) is 5.58 Å². The predicted molar refractivity (Wildman–Crippen MR) is 124 cm³/mol. The highest BCUT2D eigenvalue weighted by molar-refractivity contribution is 5.92. The fourth-order valence-electron chi connectivity index (χ4n) is 3.76. The van der Waals surface area contributed by atoms with Gasteiger partial charge in [0.1, 0.15) is 5.69 Å². The number of hydrogen-bond acceptors (Lipinski definition) is 5. The number of para-hydroxylation sites is 1. The number of nitrogens with zero attached hydrogens (tertiary/aromatic N) is 4. The standard InChI is InChI=1S/C24H21N5O.ClH/c1-29-15-16(14-26-29)22-11-6-7-17(27-22)13-21(25)18-8-2-3-9-19(18)24-20-10-4-5-12-23(20)30-28-24;/h2-12,14-15,21H,13,25H2,1H3;1H. The van der Waals surface area contributed by atoms with E-state index in [9.17, 15) is 0 Å². The van der Waals surface area contributed by atoms with Crippen LogP contribution in [0.3, 0.4) is 0 Å². The number of halogens is 1. The van der Waals surface area contributed by atoms with Crippen LogP contribution >= 0.6 is 12.4 Å². The third kappa shape index (κ3) is 4.08. The molecule has 1 unspecified atom stereocenters. The minimum atomic E-state index is -0.228. The van der Waals surface area contributed by atoms with Gasteiger partial charge in [-0.15, -0.1) is 12.4 Å². The highest BCUT2D eigenvalue weighted by atomic mass is 35.5. The Morgan fingerprint density at radius 3 is 2.65 bits per heavy atom. The number of fused-ring (bicyclic) bond motifs is 1. The largest absolute Gasteiger partial charge is 0.356 e. The van der Waals surface area contributed by atoms with Crippen molar-refractivity contribution in [2.45, 2.75) is 12.5 Å². The summed E-state index contributed by atoms with van der Waals surface area (Å²) in [6.45, 7) is 0. The lowest BCUT2D eigenvalue weighted by Gasteiger charge is -2.15. The topological polar surface area (TPSA) is 82.8 Å². The molecule has 0 spiro atoms. The smallest absolute Gasteiger partial charge is 0.167 e. The van der Waals surface area contributed by atoms with E-state index in [0.717, 1.165) is 44.7 Å². The molecular weight excluding hydrogens is 410 g/mol. The summed E-state index contributed by atoms with van der Waals surface area (Å²) in [7, 11) is 1.90. The summed E-state index contributed by atoms with van der Waals surface area (Å²) in [5.74, 6) is 0. The molecule has 0 bridgehead atoms. The number of pyridine rings is 1. The van der Waals surface area contributed by atoms with Crippen LogP contribution in [-0.2, 0) is 13.5 Å². The first-order valence-electron chi connectivity index (χ1n) is 9.83. The lowest BCUT2D eigenvalue weighted by molar-refractivity contribution is 0.459. The van der Waals surface area contributed by atoms with Gasteiger partial charge in [-0.25, -0.2) is 0 Å². The molecule has 0 aliphatic rings. The maximum Gasteiger partial charge on any atom is 0.167 e. The molecule has 156 valence electrons. The molecule has 5 aromatic rings. The first-order chi connectivity index (χ1) is 14.7. The first-order valence-corrected chi connectivity index (χ1v) is 9.83. The van der Waals surface area contributed by atoms with Crippen molar-refractivity contribution in [2.24, 2.45) is 12.8 Å². The third-order valence-electron chi connectivity index (χ3n) is 5.23. The molecule has 0 aliphatic carbocycles. The molecule has 7 heteroatoms. The number of aromatic nitrogens is 4. The number of nitrogens with two attached hydrogens (primary N) is 1. The van der Waals surface area contributed by atoms with Crippen molar-refractivity contribution < 1.29 is 4.52 Å². The second-order valence-electron chi connectivity index (χ2n) is 7.34. The molecule has 0 saturated heterocycles. The Kier molecular flexibility index (Phi) is 5.84. The van der Waals surface area contributed by atoms with Crippen LogP contribution in [0.15, 0.2) is 83.6 Å². The molecule has 5 rings (SSSR count). The molecular formula is C24H22ClN5O. The second kappa shape index (κ2) is 8.71. The molecule has 31 heavy (non-hydrogen) atoms. The van der Waals surface area contributed by atoms with Gasteiger partial charge in [0.05, 0.1) is 11.9 Å². The Bertz CT molecular complexity index is 1330. The van der Waals surface area contributed by atoms with Crippen molar-refractivity contribution in [3.8, 4) is 22.5 Å². The molecule has 3 aromatic heterocycles. The summed E-state index contributed by atoms with van der Waals surface area (Å²) < 4.78 is 7.28. The summed E-state index contributed by atoms with van der Waals surface area (Å²) in [4.78, 5) is 4.80. The van der Waals surface area contributed by atoms with Gasteiger partial charge in [0.25, 0.3) is 0 Å². The Hall–Kier alpha value is -3.48. The van der Waals surface area contributed by atoms with Crippen molar-refractivity contribution in [3.05, 3.63) is 90.4 Å². The van der Waals surface area contributed by atoms with Crippen molar-refractivity contribution >= 4 is 23.4 Å². The molecule has 2 aromatic carbocycles. The second-order valence-corrected chi connectivity index (χ2v) is 7.34. The van der Waals surface area contributed by atoms with Crippen molar-refractivity contribution in [1.82, 2.24) is 19.9 Å². The fraction of sp³-hybridized carbons (Fsp3) is 0.125. The molecule has 1 atom stereocenters. The molecule has 0 aliphatic heterocycles. The zero-order valence-electron chi connectivity index (χ0n) is 17.0. The summed E-state index contributed by atoms with van der Waals surface area (Å²) in [5, 5.41) is 9.53. The molecule has 0 radical (unpaired) electrons. The van der Waals surface area contributed by atoms with Crippen LogP contribution < -0.4 is 5.73 Å². The average molecular weight is 432 g/mol. The molecule has 0 saturated carbocycles. The van der Waals surface area contributed by atoms with E-state index in [2.05, 4.69) is 16.3 Å². The zero-order valence-corrected chi connectivity index (χ0v) is 17.8. The maximum absolute atomic E-state index is 6.66. The van der Waals surface area contributed by atoms with Crippen LogP contribution in [0.4, 0.5) is 0 Å². The highest BCUT2D eigenvalue weighted by Gasteiger charge is 2.18. The lowest BCUT2D eigenvalue weighted by Crippen LogP contribution is -2.15. The van der Waals surface area contributed by atoms with E-state index in [1.165, 1.54) is 0 Å². The van der Waals surface area contributed by atoms with Crippen LogP contribution in [0.25, 0.3) is 33.5 Å². The number of rotatable bonds is 5. The third-order valence-corrected chi connectivity index (χ3v) is 5.23. The van der Waals surface area contributed by atoms with E-state index in [1.54, 1.807) is 4.68 Å². The molecule has 0 fully saturated rings. The van der Waals surface area contributed by atoms with Crippen LogP contribution in [0, 0.1) is 0 Å². The van der Waals surface area contributed by atoms with Crippen molar-refractivity contribution in [3.63, 3.8) is 0 Å². The van der Waals surface area contributed by atoms with E-state index < -0.39 is 0 Å². The monoisotopic (exact) mass is 431 g/mol. The van der Waals surface area contributed by atoms with Crippen LogP contribution in [0.1, 0.15) is 17.3 Å². The van der Waals surface area contributed by atoms with E-state index in [-0.39, 0.29) is 18.4 Å². The van der Waals surface area contributed by atoms with Crippen LogP contribution in [0.5, 0.6) is 0 Å². The van der Waals surface area contributed by atoms with Crippen LogP contribution in [0.2, 0.25) is 0 Å². The zero-order chi connectivity index (χ0) is 20.5. The molecule has 3 heterocycles. The summed E-state index contributed by atoms with van der Waals surface area (Å²) in [5.41, 5.74) is 13.1. The fourth-order valence-corrected chi connectivity index (χ4v) is 3.76. The van der Waals surface area contributed by atoms with Gasteiger partial charge in [-0.2, -0.15) is 5.10 Å². The Labute approximate surface area is 186 Å². The minimum absolute atomic E-state index is 0. The predicted octanol–water partition coefficient (Wildman–Crippen LogP) is 4.95. The first kappa shape index (κ1) is 20.8. The Morgan fingerprint density at radius 1 is 1.00 bits per heavy atom. The lowest BCUT2D eigenvalue weighted by atomic mass is 9.94. The quantitative estimate of drug-likeness (QED) is 0.425. The average Bonchev–Trinajstić information content (AvgIpc) is 3.40. The van der Waals surface area contributed by atoms with E-state index in [0.29, 0.717) is 6.42 Å². The maximum atomic E-state index is 6.66. The van der Waals surface area contributed by atoms with E-state index >= 15 is 0 Å². The van der Waals surface area contributed by atoms with Gasteiger partial charge in [-0.05, 0) is 29.8 Å². The van der Waals surface area contributed by atoms with Gasteiger partial charge in [0, 0.05) is 47.9 Å². The van der Waals surface area contributed by atoms with Gasteiger partial charge < -0.3 is 10.3 Å². The normalized spacial score (nSPS) is 11.9. The SMILES string of the molecule is Cl.Cn1cc(-c2cccc(CC(N)c3ccccc3-c3noc4ccccc34)n2)cn1. The van der Waals surface area contributed by atoms with Crippen molar-refractivity contribution in [1.29, 1.82) is 0 Å². The van der Waals surface area contributed by atoms with Gasteiger partial charge in [-0.3, -0.25) is 9.67 Å². The van der Waals surface area contributed by atoms with Crippen LogP contribution in [-0.4, -0.2) is 19.9 Å². The Balaban J connectivity index is 0.00000231. The van der Waals surface area contributed by atoms with Gasteiger partial charge in [-0.1, -0.05) is 47.6 Å². The molecule has 0 amide bonds. The van der Waals surface area contributed by atoms with Crippen molar-refractivity contribution in [2.75, 3.05) is 0 Å². The Morgan fingerprint density at radius 2 is 1.81 bits per heavy atom. The number of hydrogen-bond donors (Lipinski definition) is 1. The molecule has 2 N–H and O–H groups in total. The van der Waals surface area contributed by atoms with Gasteiger partial charge in [0.2, 0.25) is 0 Å². The molecule has 6 nitrogen and oxygen atoms in total. The minimum Gasteiger partial charge on any atom is -0.356 e. The number of aryl methyl sites for hydroxylation is 1. The van der Waals surface area contributed by atoms with Gasteiger partial charge >= 0.3 is 0 Å². The number of benzene rings is 2. The highest BCUT2D eigenvalue weighted by Crippen LogP contribution is 2.33. The summed E-state index contributed by atoms with van der Waals surface area (Å²) in [6.07, 6.45) is 4.38.